The average Bonchev–Trinajstić information content (AvgIpc) is 2.85. The van der Waals surface area contributed by atoms with E-state index in [1.54, 1.807) is 0 Å². The van der Waals surface area contributed by atoms with Gasteiger partial charge in [0.1, 0.15) is 0 Å². The molecule has 0 radical (unpaired) electrons. The normalized spacial score (nSPS) is 14.7. The van der Waals surface area contributed by atoms with Gasteiger partial charge >= 0.3 is 0 Å². The van der Waals surface area contributed by atoms with Gasteiger partial charge < -0.3 is 0 Å². The van der Waals surface area contributed by atoms with Gasteiger partial charge in [-0.2, -0.15) is 10.2 Å². The second kappa shape index (κ2) is 12.1. The maximum absolute atomic E-state index is 12.3. The van der Waals surface area contributed by atoms with Crippen LogP contribution in [0.15, 0.2) is 58.7 Å². The van der Waals surface area contributed by atoms with Gasteiger partial charge in [-0.05, 0) is 61.3 Å². The van der Waals surface area contributed by atoms with Gasteiger partial charge in [0.05, 0.1) is 28.8 Å². The number of nitrogens with one attached hydrogen (secondary N) is 2. The molecule has 2 aromatic carbocycles. The summed E-state index contributed by atoms with van der Waals surface area (Å²) in [5.74, 6) is -0.762. The van der Waals surface area contributed by atoms with Gasteiger partial charge in [0.2, 0.25) is 5.91 Å². The number of non-ortho nitro benzene ring substituents is 2. The van der Waals surface area contributed by atoms with E-state index in [9.17, 15) is 29.8 Å². The molecule has 13 nitrogen and oxygen atoms in total. The Morgan fingerprint density at radius 3 is 1.77 bits per heavy atom. The van der Waals surface area contributed by atoms with Gasteiger partial charge in [-0.3, -0.25) is 34.7 Å². The highest BCUT2D eigenvalue weighted by molar-refractivity contribution is 5.84. The number of amides is 2. The minimum atomic E-state index is -0.495. The van der Waals surface area contributed by atoms with E-state index in [1.807, 2.05) is 4.90 Å². The maximum Gasteiger partial charge on any atom is 0.269 e. The van der Waals surface area contributed by atoms with Crippen molar-refractivity contribution in [2.45, 2.75) is 12.8 Å². The van der Waals surface area contributed by atoms with Gasteiger partial charge in [0.15, 0.2) is 0 Å². The summed E-state index contributed by atoms with van der Waals surface area (Å²) in [6.07, 6.45) is 3.95. The highest BCUT2D eigenvalue weighted by Gasteiger charge is 2.25. The lowest BCUT2D eigenvalue weighted by atomic mass is 9.96. The molecule has 0 atom stereocenters. The highest BCUT2D eigenvalue weighted by Crippen LogP contribution is 2.17. The number of hydrogen-bond acceptors (Lipinski definition) is 9. The molecule has 1 heterocycles. The zero-order valence-corrected chi connectivity index (χ0v) is 18.6. The Kier molecular flexibility index (Phi) is 8.67. The molecule has 1 aliphatic heterocycles. The van der Waals surface area contributed by atoms with Crippen LogP contribution in [0.4, 0.5) is 11.4 Å². The third-order valence-corrected chi connectivity index (χ3v) is 5.32. The average molecular weight is 481 g/mol. The number of likely N-dealkylation sites (tertiary alicyclic amines) is 1. The third kappa shape index (κ3) is 7.78. The van der Waals surface area contributed by atoms with E-state index >= 15 is 0 Å². The largest absolute Gasteiger partial charge is 0.294 e. The van der Waals surface area contributed by atoms with Crippen molar-refractivity contribution in [1.82, 2.24) is 15.8 Å². The van der Waals surface area contributed by atoms with Crippen LogP contribution in [0.2, 0.25) is 0 Å². The van der Waals surface area contributed by atoms with Gasteiger partial charge in [-0.25, -0.2) is 10.9 Å². The number of piperidine rings is 1. The molecule has 0 saturated carbocycles. The number of carbonyl (C=O) groups is 2. The summed E-state index contributed by atoms with van der Waals surface area (Å²) < 4.78 is 0. The second-order valence-electron chi connectivity index (χ2n) is 7.78. The van der Waals surface area contributed by atoms with Crippen molar-refractivity contribution in [2.24, 2.45) is 16.1 Å². The smallest absolute Gasteiger partial charge is 0.269 e. The Morgan fingerprint density at radius 1 is 0.857 bits per heavy atom. The number of benzene rings is 2. The molecule has 35 heavy (non-hydrogen) atoms. The van der Waals surface area contributed by atoms with E-state index < -0.39 is 9.85 Å². The minimum absolute atomic E-state index is 0.0251. The predicted octanol–water partition coefficient (Wildman–Crippen LogP) is 1.82. The lowest BCUT2D eigenvalue weighted by Crippen LogP contribution is -2.43. The van der Waals surface area contributed by atoms with Crippen molar-refractivity contribution in [3.63, 3.8) is 0 Å². The van der Waals surface area contributed by atoms with E-state index in [4.69, 9.17) is 0 Å². The standard InChI is InChI=1S/C22H23N7O6/c30-21(25-23-13-16-1-5-19(6-2-16)28(32)33)15-27-11-9-18(10-12-27)22(31)26-24-14-17-3-7-20(8-4-17)29(34)35/h1-8,13-14,18H,9-12,15H2,(H,25,30)(H,26,31)/b23-13+,24-14+. The van der Waals surface area contributed by atoms with Crippen LogP contribution < -0.4 is 10.9 Å². The number of nitro groups is 2. The molecule has 1 saturated heterocycles. The van der Waals surface area contributed by atoms with E-state index in [-0.39, 0.29) is 35.7 Å². The molecule has 0 spiro atoms. The van der Waals surface area contributed by atoms with Crippen molar-refractivity contribution < 1.29 is 19.4 Å². The molecule has 1 fully saturated rings. The topological polar surface area (TPSA) is 172 Å². The summed E-state index contributed by atoms with van der Waals surface area (Å²) in [6, 6.07) is 11.5. The van der Waals surface area contributed by atoms with E-state index in [1.165, 1.54) is 61.0 Å². The molecule has 1 aliphatic rings. The Balaban J connectivity index is 1.36. The highest BCUT2D eigenvalue weighted by atomic mass is 16.6. The van der Waals surface area contributed by atoms with Crippen LogP contribution in [0.25, 0.3) is 0 Å². The molecular formula is C22H23N7O6. The Bertz CT molecular complexity index is 1120. The maximum atomic E-state index is 12.3. The molecule has 2 N–H and O–H groups in total. The summed E-state index contributed by atoms with van der Waals surface area (Å²) in [5.41, 5.74) is 6.09. The Labute approximate surface area is 199 Å². The van der Waals surface area contributed by atoms with Crippen molar-refractivity contribution in [1.29, 1.82) is 0 Å². The van der Waals surface area contributed by atoms with Crippen molar-refractivity contribution in [3.8, 4) is 0 Å². The molecule has 0 aromatic heterocycles. The fourth-order valence-corrected chi connectivity index (χ4v) is 3.40. The first-order valence-corrected chi connectivity index (χ1v) is 10.7. The zero-order valence-electron chi connectivity index (χ0n) is 18.6. The molecule has 0 bridgehead atoms. The lowest BCUT2D eigenvalue weighted by Gasteiger charge is -2.30. The van der Waals surface area contributed by atoms with Crippen molar-refractivity contribution in [3.05, 3.63) is 79.9 Å². The molecule has 182 valence electrons. The van der Waals surface area contributed by atoms with Gasteiger partial charge in [0.25, 0.3) is 17.3 Å². The molecule has 13 heteroatoms. The molecule has 0 unspecified atom stereocenters. The SMILES string of the molecule is O=C(CN1CCC(C(=O)N/N=C/c2ccc([N+](=O)[O-])cc2)CC1)N/N=C/c1ccc([N+](=O)[O-])cc1. The van der Waals surface area contributed by atoms with Gasteiger partial charge in [-0.1, -0.05) is 0 Å². The van der Waals surface area contributed by atoms with Crippen LogP contribution in [-0.4, -0.2) is 58.6 Å². The monoisotopic (exact) mass is 481 g/mol. The lowest BCUT2D eigenvalue weighted by molar-refractivity contribution is -0.385. The van der Waals surface area contributed by atoms with Crippen LogP contribution in [0, 0.1) is 26.1 Å². The van der Waals surface area contributed by atoms with Crippen LogP contribution in [0.1, 0.15) is 24.0 Å². The van der Waals surface area contributed by atoms with Crippen LogP contribution in [-0.2, 0) is 9.59 Å². The van der Waals surface area contributed by atoms with Crippen LogP contribution in [0.3, 0.4) is 0 Å². The number of nitro benzene ring substituents is 2. The Morgan fingerprint density at radius 2 is 1.31 bits per heavy atom. The molecule has 0 aliphatic carbocycles. The summed E-state index contributed by atoms with van der Waals surface area (Å²) >= 11 is 0. The number of nitrogens with zero attached hydrogens (tertiary/aromatic N) is 5. The number of hydrogen-bond donors (Lipinski definition) is 2. The first kappa shape index (κ1) is 25.1. The van der Waals surface area contributed by atoms with Crippen LogP contribution >= 0.6 is 0 Å². The number of hydrazone groups is 2. The van der Waals surface area contributed by atoms with Gasteiger partial charge in [0, 0.05) is 30.2 Å². The minimum Gasteiger partial charge on any atom is -0.294 e. The van der Waals surface area contributed by atoms with Crippen molar-refractivity contribution >= 4 is 35.6 Å². The van der Waals surface area contributed by atoms with E-state index in [0.29, 0.717) is 37.1 Å². The Hall–Kier alpha value is -4.52. The van der Waals surface area contributed by atoms with E-state index in [2.05, 4.69) is 21.1 Å². The first-order valence-electron chi connectivity index (χ1n) is 10.7. The summed E-state index contributed by atoms with van der Waals surface area (Å²) in [5, 5.41) is 29.1. The third-order valence-electron chi connectivity index (χ3n) is 5.32. The molecule has 2 aromatic rings. The number of rotatable bonds is 9. The van der Waals surface area contributed by atoms with Crippen LogP contribution in [0.5, 0.6) is 0 Å². The first-order chi connectivity index (χ1) is 16.8. The van der Waals surface area contributed by atoms with Gasteiger partial charge in [-0.15, -0.1) is 0 Å². The number of carbonyl (C=O) groups excluding carboxylic acids is 2. The quantitative estimate of drug-likeness (QED) is 0.312. The second-order valence-corrected chi connectivity index (χ2v) is 7.78. The summed E-state index contributed by atoms with van der Waals surface area (Å²) in [7, 11) is 0. The summed E-state index contributed by atoms with van der Waals surface area (Å²) in [4.78, 5) is 46.7. The summed E-state index contributed by atoms with van der Waals surface area (Å²) in [6.45, 7) is 1.25. The fraction of sp³-hybridized carbons (Fsp3) is 0.273. The van der Waals surface area contributed by atoms with E-state index in [0.717, 1.165) is 0 Å². The predicted molar refractivity (Wildman–Crippen MR) is 127 cm³/mol. The molecular weight excluding hydrogens is 458 g/mol. The molecule has 3 rings (SSSR count). The zero-order chi connectivity index (χ0) is 25.2. The fourth-order valence-electron chi connectivity index (χ4n) is 3.40. The molecule has 2 amide bonds. The van der Waals surface area contributed by atoms with Crippen molar-refractivity contribution in [2.75, 3.05) is 19.6 Å².